The van der Waals surface area contributed by atoms with Crippen LogP contribution in [0, 0.1) is 3.95 Å². The maximum absolute atomic E-state index is 12.1. The molecule has 0 spiro atoms. The first-order valence-electron chi connectivity index (χ1n) is 7.35. The predicted molar refractivity (Wildman–Crippen MR) is 92.6 cm³/mol. The van der Waals surface area contributed by atoms with E-state index in [0.29, 0.717) is 13.1 Å². The van der Waals surface area contributed by atoms with E-state index in [1.165, 1.54) is 18.3 Å². The second-order valence-corrected chi connectivity index (χ2v) is 6.99. The van der Waals surface area contributed by atoms with Crippen molar-refractivity contribution in [1.82, 2.24) is 9.88 Å². The lowest BCUT2D eigenvalue weighted by atomic mass is 10.2. The number of thiazole rings is 1. The van der Waals surface area contributed by atoms with Gasteiger partial charge in [-0.2, -0.15) is 0 Å². The number of cyclic esters (lactones) is 1. The van der Waals surface area contributed by atoms with Crippen molar-refractivity contribution in [2.75, 3.05) is 18.0 Å². The molecule has 1 aromatic heterocycles. The second kappa shape index (κ2) is 6.29. The van der Waals surface area contributed by atoms with Crippen LogP contribution in [0.15, 0.2) is 18.2 Å². The fraction of sp³-hybridized carbons (Fsp3) is 0.400. The van der Waals surface area contributed by atoms with Gasteiger partial charge in [0.05, 0.1) is 23.3 Å². The highest BCUT2D eigenvalue weighted by Crippen LogP contribution is 2.30. The lowest BCUT2D eigenvalue weighted by Gasteiger charge is -2.13. The molecule has 8 heteroatoms. The van der Waals surface area contributed by atoms with Crippen LogP contribution in [-0.2, 0) is 16.1 Å². The number of hydrogen-bond donors (Lipinski definition) is 1. The Kier molecular flexibility index (Phi) is 4.36. The van der Waals surface area contributed by atoms with Crippen molar-refractivity contribution in [2.45, 2.75) is 26.5 Å². The Hall–Kier alpha value is -1.93. The third-order valence-electron chi connectivity index (χ3n) is 3.73. The van der Waals surface area contributed by atoms with Gasteiger partial charge in [-0.25, -0.2) is 4.79 Å². The molecule has 3 rings (SSSR count). The van der Waals surface area contributed by atoms with Gasteiger partial charge in [-0.3, -0.25) is 9.69 Å². The number of amides is 2. The molecule has 0 saturated carbocycles. The molecule has 122 valence electrons. The number of nitrogens with one attached hydrogen (secondary N) is 1. The van der Waals surface area contributed by atoms with Crippen molar-refractivity contribution in [3.63, 3.8) is 0 Å². The molecule has 1 aromatic carbocycles. The Labute approximate surface area is 142 Å². The summed E-state index contributed by atoms with van der Waals surface area (Å²) in [5, 5.41) is 2.67. The van der Waals surface area contributed by atoms with Gasteiger partial charge in [-0.1, -0.05) is 0 Å². The zero-order valence-electron chi connectivity index (χ0n) is 12.9. The summed E-state index contributed by atoms with van der Waals surface area (Å²) >= 11 is 6.90. The van der Waals surface area contributed by atoms with Crippen molar-refractivity contribution < 1.29 is 14.3 Å². The molecular weight excluding hydrogens is 334 g/mol. The number of anilines is 1. The van der Waals surface area contributed by atoms with Crippen LogP contribution >= 0.6 is 23.6 Å². The number of carbonyl (C=O) groups is 2. The van der Waals surface area contributed by atoms with Gasteiger partial charge in [0.25, 0.3) is 0 Å². The molecule has 1 saturated heterocycles. The fourth-order valence-corrected chi connectivity index (χ4v) is 4.10. The van der Waals surface area contributed by atoms with E-state index in [1.807, 2.05) is 18.2 Å². The number of fused-ring (bicyclic) bond motifs is 1. The Morgan fingerprint density at radius 3 is 3.00 bits per heavy atom. The summed E-state index contributed by atoms with van der Waals surface area (Å²) in [5.74, 6) is -0.137. The van der Waals surface area contributed by atoms with E-state index >= 15 is 0 Å². The first-order chi connectivity index (χ1) is 11.0. The molecule has 1 aliphatic rings. The van der Waals surface area contributed by atoms with Crippen LogP contribution in [0.4, 0.5) is 10.5 Å². The van der Waals surface area contributed by atoms with Crippen molar-refractivity contribution in [3.8, 4) is 0 Å². The van der Waals surface area contributed by atoms with E-state index in [-0.39, 0.29) is 12.0 Å². The lowest BCUT2D eigenvalue weighted by molar-refractivity contribution is -0.119. The highest BCUT2D eigenvalue weighted by atomic mass is 32.1. The van der Waals surface area contributed by atoms with Gasteiger partial charge >= 0.3 is 6.09 Å². The smallest absolute Gasteiger partial charge is 0.414 e. The molecule has 2 aromatic rings. The number of rotatable bonds is 4. The number of carbonyl (C=O) groups excluding carboxylic acids is 2. The summed E-state index contributed by atoms with van der Waals surface area (Å²) in [6.07, 6.45) is -0.723. The molecule has 2 amide bonds. The van der Waals surface area contributed by atoms with Crippen molar-refractivity contribution in [2.24, 2.45) is 0 Å². The normalized spacial score (nSPS) is 17.6. The summed E-state index contributed by atoms with van der Waals surface area (Å²) in [6.45, 7) is 5.06. The van der Waals surface area contributed by atoms with E-state index in [2.05, 4.69) is 16.8 Å². The van der Waals surface area contributed by atoms with Crippen LogP contribution in [0.5, 0.6) is 0 Å². The standard InChI is InChI=1S/C15H17N3O3S2/c1-3-17-12-5-4-10(6-13(12)23-15(17)22)18-8-11(21-14(18)20)7-16-9(2)19/h4-6,11H,3,7-8H2,1-2H3,(H,16,19)/t11-/m0/s1. The fourth-order valence-electron chi connectivity index (χ4n) is 2.62. The Balaban J connectivity index is 1.84. The number of hydrogen-bond acceptors (Lipinski definition) is 5. The largest absolute Gasteiger partial charge is 0.442 e. The maximum atomic E-state index is 12.1. The minimum absolute atomic E-state index is 0.137. The Morgan fingerprint density at radius 2 is 2.30 bits per heavy atom. The van der Waals surface area contributed by atoms with Crippen molar-refractivity contribution in [1.29, 1.82) is 0 Å². The highest BCUT2D eigenvalue weighted by molar-refractivity contribution is 7.73. The van der Waals surface area contributed by atoms with Crippen molar-refractivity contribution in [3.05, 3.63) is 22.2 Å². The van der Waals surface area contributed by atoms with Crippen LogP contribution < -0.4 is 10.2 Å². The summed E-state index contributed by atoms with van der Waals surface area (Å²) in [5.41, 5.74) is 1.86. The molecule has 0 bridgehead atoms. The summed E-state index contributed by atoms with van der Waals surface area (Å²) in [4.78, 5) is 24.6. The van der Waals surface area contributed by atoms with Gasteiger partial charge in [0.2, 0.25) is 5.91 Å². The number of aromatic nitrogens is 1. The average Bonchev–Trinajstić information content (AvgIpc) is 3.03. The lowest BCUT2D eigenvalue weighted by Crippen LogP contribution is -2.33. The molecule has 6 nitrogen and oxygen atoms in total. The van der Waals surface area contributed by atoms with Gasteiger partial charge in [0.1, 0.15) is 6.10 Å². The summed E-state index contributed by atoms with van der Waals surface area (Å²) < 4.78 is 9.24. The monoisotopic (exact) mass is 351 g/mol. The van der Waals surface area contributed by atoms with E-state index in [1.54, 1.807) is 4.90 Å². The first-order valence-corrected chi connectivity index (χ1v) is 8.58. The van der Waals surface area contributed by atoms with Gasteiger partial charge in [0, 0.05) is 19.2 Å². The zero-order chi connectivity index (χ0) is 16.6. The molecule has 0 aliphatic carbocycles. The predicted octanol–water partition coefficient (Wildman–Crippen LogP) is 2.91. The molecule has 1 atom stereocenters. The minimum atomic E-state index is -0.391. The van der Waals surface area contributed by atoms with Crippen LogP contribution in [0.2, 0.25) is 0 Å². The topological polar surface area (TPSA) is 63.6 Å². The van der Waals surface area contributed by atoms with Crippen molar-refractivity contribution >= 4 is 51.5 Å². The summed E-state index contributed by atoms with van der Waals surface area (Å²) in [7, 11) is 0. The molecule has 0 unspecified atom stereocenters. The highest BCUT2D eigenvalue weighted by Gasteiger charge is 2.32. The molecule has 1 fully saturated rings. The average molecular weight is 351 g/mol. The third-order valence-corrected chi connectivity index (χ3v) is 5.14. The minimum Gasteiger partial charge on any atom is -0.442 e. The van der Waals surface area contributed by atoms with Crippen LogP contribution in [0.1, 0.15) is 13.8 Å². The molecular formula is C15H17N3O3S2. The SMILES string of the molecule is CCn1c(=S)sc2cc(N3C[C@H](CNC(C)=O)OC3=O)ccc21. The number of aryl methyl sites for hydroxylation is 1. The van der Waals surface area contributed by atoms with E-state index < -0.39 is 6.09 Å². The van der Waals surface area contributed by atoms with Gasteiger partial charge in [-0.05, 0) is 37.3 Å². The third kappa shape index (κ3) is 3.09. The summed E-state index contributed by atoms with van der Waals surface area (Å²) in [6, 6.07) is 5.84. The number of ether oxygens (including phenoxy) is 1. The van der Waals surface area contributed by atoms with Crippen LogP contribution in [0.25, 0.3) is 10.2 Å². The van der Waals surface area contributed by atoms with Crippen LogP contribution in [0.3, 0.4) is 0 Å². The Bertz CT molecular complexity index is 827. The molecule has 1 N–H and O–H groups in total. The quantitative estimate of drug-likeness (QED) is 0.861. The molecule has 23 heavy (non-hydrogen) atoms. The van der Waals surface area contributed by atoms with Gasteiger partial charge < -0.3 is 14.6 Å². The zero-order valence-corrected chi connectivity index (χ0v) is 14.5. The molecule has 2 heterocycles. The van der Waals surface area contributed by atoms with Gasteiger partial charge in [-0.15, -0.1) is 11.3 Å². The number of nitrogens with zero attached hydrogens (tertiary/aromatic N) is 2. The van der Waals surface area contributed by atoms with E-state index in [9.17, 15) is 9.59 Å². The molecule has 1 aliphatic heterocycles. The van der Waals surface area contributed by atoms with Crippen LogP contribution in [-0.4, -0.2) is 35.8 Å². The number of benzene rings is 1. The molecule has 0 radical (unpaired) electrons. The first kappa shape index (κ1) is 15.9. The van der Waals surface area contributed by atoms with E-state index in [0.717, 1.165) is 26.4 Å². The van der Waals surface area contributed by atoms with E-state index in [4.69, 9.17) is 17.0 Å². The second-order valence-electron chi connectivity index (χ2n) is 5.32. The van der Waals surface area contributed by atoms with Gasteiger partial charge in [0.15, 0.2) is 3.95 Å². The Morgan fingerprint density at radius 1 is 1.52 bits per heavy atom. The maximum Gasteiger partial charge on any atom is 0.414 e.